The van der Waals surface area contributed by atoms with Crippen molar-refractivity contribution in [1.82, 2.24) is 5.32 Å². The first-order valence-electron chi connectivity index (χ1n) is 8.12. The fourth-order valence-corrected chi connectivity index (χ4v) is 3.90. The van der Waals surface area contributed by atoms with E-state index in [1.54, 1.807) is 0 Å². The molecule has 4 heteroatoms. The van der Waals surface area contributed by atoms with E-state index in [2.05, 4.69) is 19.2 Å². The molecule has 2 aliphatic carbocycles. The van der Waals surface area contributed by atoms with Crippen LogP contribution in [0.15, 0.2) is 0 Å². The number of nitrogens with one attached hydrogen (secondary N) is 1. The van der Waals surface area contributed by atoms with Crippen molar-refractivity contribution in [2.24, 2.45) is 29.4 Å². The number of nitrogens with two attached hydrogens (primary N) is 1. The highest BCUT2D eigenvalue weighted by Crippen LogP contribution is 2.33. The Bertz CT molecular complexity index is 301. The van der Waals surface area contributed by atoms with Crippen LogP contribution in [0.4, 0.5) is 0 Å². The molecule has 0 unspecified atom stereocenters. The molecule has 2 aliphatic rings. The van der Waals surface area contributed by atoms with Crippen LogP contribution in [-0.2, 0) is 4.79 Å². The molecule has 0 heterocycles. The van der Waals surface area contributed by atoms with Crippen molar-refractivity contribution >= 4 is 18.3 Å². The maximum absolute atomic E-state index is 12.3. The summed E-state index contributed by atoms with van der Waals surface area (Å²) in [6, 6.07) is 0.418. The zero-order valence-electron chi connectivity index (χ0n) is 12.9. The number of rotatable bonds is 4. The largest absolute Gasteiger partial charge is 0.353 e. The number of amides is 1. The molecule has 0 aliphatic heterocycles. The van der Waals surface area contributed by atoms with Crippen LogP contribution in [0.5, 0.6) is 0 Å². The van der Waals surface area contributed by atoms with Crippen LogP contribution < -0.4 is 11.1 Å². The first-order valence-corrected chi connectivity index (χ1v) is 8.12. The van der Waals surface area contributed by atoms with Gasteiger partial charge in [0, 0.05) is 12.0 Å². The number of carbonyl (C=O) groups excluding carboxylic acids is 1. The van der Waals surface area contributed by atoms with Gasteiger partial charge in [0.25, 0.3) is 0 Å². The van der Waals surface area contributed by atoms with Crippen LogP contribution in [0.3, 0.4) is 0 Å². The molecule has 0 saturated heterocycles. The van der Waals surface area contributed by atoms with Gasteiger partial charge in [0.2, 0.25) is 5.91 Å². The Balaban J connectivity index is 0.00000200. The van der Waals surface area contributed by atoms with E-state index in [0.29, 0.717) is 18.5 Å². The second kappa shape index (κ2) is 8.23. The third kappa shape index (κ3) is 4.36. The summed E-state index contributed by atoms with van der Waals surface area (Å²) in [4.78, 5) is 12.3. The second-order valence-electron chi connectivity index (χ2n) is 6.90. The maximum Gasteiger partial charge on any atom is 0.223 e. The van der Waals surface area contributed by atoms with Crippen molar-refractivity contribution in [3.8, 4) is 0 Å². The fraction of sp³-hybridized carbons (Fsp3) is 0.938. The van der Waals surface area contributed by atoms with Gasteiger partial charge < -0.3 is 11.1 Å². The zero-order valence-corrected chi connectivity index (χ0v) is 13.8. The summed E-state index contributed by atoms with van der Waals surface area (Å²) >= 11 is 0. The SMILES string of the molecule is CC(C)C1CCC(NC(=O)[C@@H]2CCC[C@@H]2CN)CC1.Cl. The molecule has 0 radical (unpaired) electrons. The Labute approximate surface area is 129 Å². The fourth-order valence-electron chi connectivity index (χ4n) is 3.90. The van der Waals surface area contributed by atoms with Crippen LogP contribution in [-0.4, -0.2) is 18.5 Å². The third-order valence-electron chi connectivity index (χ3n) is 5.36. The van der Waals surface area contributed by atoms with Crippen molar-refractivity contribution in [3.05, 3.63) is 0 Å². The summed E-state index contributed by atoms with van der Waals surface area (Å²) in [6.45, 7) is 5.29. The molecule has 2 saturated carbocycles. The molecule has 2 rings (SSSR count). The van der Waals surface area contributed by atoms with E-state index in [4.69, 9.17) is 5.73 Å². The molecule has 0 aromatic rings. The molecule has 3 N–H and O–H groups in total. The Morgan fingerprint density at radius 1 is 1.15 bits per heavy atom. The third-order valence-corrected chi connectivity index (χ3v) is 5.36. The average Bonchev–Trinajstić information content (AvgIpc) is 2.87. The van der Waals surface area contributed by atoms with Crippen LogP contribution in [0.1, 0.15) is 58.8 Å². The normalized spacial score (nSPS) is 33.8. The van der Waals surface area contributed by atoms with Gasteiger partial charge >= 0.3 is 0 Å². The minimum atomic E-state index is 0. The molecular formula is C16H31ClN2O. The van der Waals surface area contributed by atoms with E-state index in [9.17, 15) is 4.79 Å². The van der Waals surface area contributed by atoms with Crippen molar-refractivity contribution in [2.45, 2.75) is 64.8 Å². The summed E-state index contributed by atoms with van der Waals surface area (Å²) in [5.74, 6) is 2.53. The smallest absolute Gasteiger partial charge is 0.223 e. The summed E-state index contributed by atoms with van der Waals surface area (Å²) < 4.78 is 0. The van der Waals surface area contributed by atoms with Crippen molar-refractivity contribution in [2.75, 3.05) is 6.54 Å². The first-order chi connectivity index (χ1) is 9.11. The van der Waals surface area contributed by atoms with Gasteiger partial charge in [-0.3, -0.25) is 4.79 Å². The lowest BCUT2D eigenvalue weighted by Gasteiger charge is -2.32. The Hall–Kier alpha value is -0.280. The van der Waals surface area contributed by atoms with E-state index < -0.39 is 0 Å². The van der Waals surface area contributed by atoms with Gasteiger partial charge in [-0.1, -0.05) is 20.3 Å². The minimum Gasteiger partial charge on any atom is -0.353 e. The molecule has 3 nitrogen and oxygen atoms in total. The molecule has 2 fully saturated rings. The van der Waals surface area contributed by atoms with Crippen molar-refractivity contribution in [3.63, 3.8) is 0 Å². The van der Waals surface area contributed by atoms with E-state index in [-0.39, 0.29) is 24.2 Å². The van der Waals surface area contributed by atoms with E-state index in [0.717, 1.165) is 37.5 Å². The zero-order chi connectivity index (χ0) is 13.8. The Morgan fingerprint density at radius 2 is 1.80 bits per heavy atom. The lowest BCUT2D eigenvalue weighted by molar-refractivity contribution is -0.127. The summed E-state index contributed by atoms with van der Waals surface area (Å²) in [5.41, 5.74) is 5.77. The molecule has 0 bridgehead atoms. The van der Waals surface area contributed by atoms with Crippen LogP contribution in [0.2, 0.25) is 0 Å². The predicted octanol–water partition coefficient (Wildman–Crippen LogP) is 3.11. The summed E-state index contributed by atoms with van der Waals surface area (Å²) in [6.07, 6.45) is 8.20. The highest BCUT2D eigenvalue weighted by Gasteiger charge is 2.33. The minimum absolute atomic E-state index is 0. The number of hydrogen-bond acceptors (Lipinski definition) is 2. The molecule has 2 atom stereocenters. The van der Waals surface area contributed by atoms with Gasteiger partial charge in [-0.15, -0.1) is 12.4 Å². The number of hydrogen-bond donors (Lipinski definition) is 2. The number of halogens is 1. The predicted molar refractivity (Wildman–Crippen MR) is 85.9 cm³/mol. The second-order valence-corrected chi connectivity index (χ2v) is 6.90. The van der Waals surface area contributed by atoms with Crippen molar-refractivity contribution < 1.29 is 4.79 Å². The van der Waals surface area contributed by atoms with E-state index >= 15 is 0 Å². The number of carbonyl (C=O) groups is 1. The van der Waals surface area contributed by atoms with Gasteiger partial charge in [-0.25, -0.2) is 0 Å². The highest BCUT2D eigenvalue weighted by atomic mass is 35.5. The monoisotopic (exact) mass is 302 g/mol. The van der Waals surface area contributed by atoms with Gasteiger partial charge in [-0.2, -0.15) is 0 Å². The van der Waals surface area contributed by atoms with E-state index in [1.807, 2.05) is 0 Å². The van der Waals surface area contributed by atoms with Gasteiger partial charge in [0.15, 0.2) is 0 Å². The van der Waals surface area contributed by atoms with Gasteiger partial charge in [0.1, 0.15) is 0 Å². The standard InChI is InChI=1S/C16H30N2O.ClH/c1-11(2)12-6-8-14(9-7-12)18-16(19)15-5-3-4-13(15)10-17;/h11-15H,3-10,17H2,1-2H3,(H,18,19);1H/t12?,13-,14?,15-;/m1./s1. The van der Waals surface area contributed by atoms with Crippen LogP contribution >= 0.6 is 12.4 Å². The summed E-state index contributed by atoms with van der Waals surface area (Å²) in [5, 5.41) is 3.29. The van der Waals surface area contributed by atoms with Gasteiger partial charge in [0.05, 0.1) is 0 Å². The highest BCUT2D eigenvalue weighted by molar-refractivity contribution is 5.85. The molecule has 0 spiro atoms. The molecule has 0 aromatic carbocycles. The molecule has 0 aromatic heterocycles. The molecular weight excluding hydrogens is 272 g/mol. The maximum atomic E-state index is 12.3. The lowest BCUT2D eigenvalue weighted by Crippen LogP contribution is -2.43. The molecule has 1 amide bonds. The Kier molecular flexibility index (Phi) is 7.32. The van der Waals surface area contributed by atoms with Crippen LogP contribution in [0, 0.1) is 23.7 Å². The van der Waals surface area contributed by atoms with Gasteiger partial charge in [-0.05, 0) is 62.8 Å². The Morgan fingerprint density at radius 3 is 2.35 bits per heavy atom. The van der Waals surface area contributed by atoms with Crippen LogP contribution in [0.25, 0.3) is 0 Å². The van der Waals surface area contributed by atoms with E-state index in [1.165, 1.54) is 19.3 Å². The van der Waals surface area contributed by atoms with Crippen molar-refractivity contribution in [1.29, 1.82) is 0 Å². The first kappa shape index (κ1) is 17.8. The summed E-state index contributed by atoms with van der Waals surface area (Å²) in [7, 11) is 0. The molecule has 118 valence electrons. The quantitative estimate of drug-likeness (QED) is 0.838. The average molecular weight is 303 g/mol. The lowest BCUT2D eigenvalue weighted by atomic mass is 9.79. The topological polar surface area (TPSA) is 55.1 Å². The molecule has 20 heavy (non-hydrogen) atoms.